The second-order valence-electron chi connectivity index (χ2n) is 8.38. The number of imide groups is 1. The number of nitrogens with zero attached hydrogens (tertiary/aromatic N) is 1. The molecule has 2 aliphatic heterocycles. The van der Waals surface area contributed by atoms with Gasteiger partial charge in [0.2, 0.25) is 0 Å². The maximum absolute atomic E-state index is 12.9. The van der Waals surface area contributed by atoms with E-state index in [9.17, 15) is 14.4 Å². The summed E-state index contributed by atoms with van der Waals surface area (Å²) >= 11 is 0. The molecule has 0 unspecified atom stereocenters. The van der Waals surface area contributed by atoms with Crippen molar-refractivity contribution in [1.82, 2.24) is 4.90 Å². The monoisotopic (exact) mass is 472 g/mol. The van der Waals surface area contributed by atoms with Crippen LogP contribution in [-0.2, 0) is 4.74 Å². The van der Waals surface area contributed by atoms with E-state index in [-0.39, 0.29) is 30.4 Å². The molecule has 178 valence electrons. The van der Waals surface area contributed by atoms with Gasteiger partial charge in [0.05, 0.1) is 30.9 Å². The normalized spacial score (nSPS) is 16.8. The number of hydrogen-bond acceptors (Lipinski definition) is 6. The summed E-state index contributed by atoms with van der Waals surface area (Å²) in [5, 5.41) is 2.83. The molecule has 8 nitrogen and oxygen atoms in total. The number of carbonyl (C=O) groups excluding carboxylic acids is 3. The van der Waals surface area contributed by atoms with Gasteiger partial charge in [0.15, 0.2) is 0 Å². The van der Waals surface area contributed by atoms with Crippen molar-refractivity contribution in [3.05, 3.63) is 83.4 Å². The zero-order valence-corrected chi connectivity index (χ0v) is 19.2. The second kappa shape index (κ2) is 9.60. The van der Waals surface area contributed by atoms with Gasteiger partial charge in [-0.3, -0.25) is 19.3 Å². The van der Waals surface area contributed by atoms with Crippen molar-refractivity contribution >= 4 is 23.4 Å². The van der Waals surface area contributed by atoms with Gasteiger partial charge in [0.1, 0.15) is 17.2 Å². The van der Waals surface area contributed by atoms with Crippen LogP contribution in [0.5, 0.6) is 17.2 Å². The number of fused-ring (bicyclic) bond motifs is 1. The Bertz CT molecular complexity index is 1280. The lowest BCUT2D eigenvalue weighted by Crippen LogP contribution is -2.36. The third kappa shape index (κ3) is 4.74. The summed E-state index contributed by atoms with van der Waals surface area (Å²) in [5.74, 6) is 0.678. The smallest absolute Gasteiger partial charge is 0.261 e. The Labute approximate surface area is 202 Å². The topological polar surface area (TPSA) is 94.2 Å². The standard InChI is InChI=1S/C27H24N2O6/c1-33-20-5-2-4-17(14-20)25(30)28-18-7-9-19(10-8-18)35-21-11-12-23-24(15-21)27(32)29(26(23)31)16-22-6-3-13-34-22/h2,4-5,7-12,14-15,22H,3,6,13,16H2,1H3,(H,28,30)/t22-/m1/s1. The van der Waals surface area contributed by atoms with Crippen LogP contribution in [0.4, 0.5) is 5.69 Å². The average Bonchev–Trinajstić information content (AvgIpc) is 3.48. The number of carbonyl (C=O) groups is 3. The highest BCUT2D eigenvalue weighted by Crippen LogP contribution is 2.31. The van der Waals surface area contributed by atoms with E-state index >= 15 is 0 Å². The largest absolute Gasteiger partial charge is 0.497 e. The molecule has 1 N–H and O–H groups in total. The van der Waals surface area contributed by atoms with Crippen LogP contribution >= 0.6 is 0 Å². The molecule has 0 saturated carbocycles. The van der Waals surface area contributed by atoms with Crippen molar-refractivity contribution < 1.29 is 28.6 Å². The summed E-state index contributed by atoms with van der Waals surface area (Å²) < 4.78 is 16.6. The predicted octanol–water partition coefficient (Wildman–Crippen LogP) is 4.51. The maximum atomic E-state index is 12.9. The van der Waals surface area contributed by atoms with Crippen LogP contribution in [0.3, 0.4) is 0 Å². The maximum Gasteiger partial charge on any atom is 0.261 e. The van der Waals surface area contributed by atoms with Gasteiger partial charge < -0.3 is 19.5 Å². The van der Waals surface area contributed by atoms with Crippen LogP contribution in [0.15, 0.2) is 66.7 Å². The molecule has 0 aliphatic carbocycles. The highest BCUT2D eigenvalue weighted by molar-refractivity contribution is 6.21. The van der Waals surface area contributed by atoms with Gasteiger partial charge in [-0.1, -0.05) is 6.07 Å². The third-order valence-electron chi connectivity index (χ3n) is 6.03. The molecule has 1 atom stereocenters. The summed E-state index contributed by atoms with van der Waals surface area (Å²) in [7, 11) is 1.55. The van der Waals surface area contributed by atoms with Gasteiger partial charge >= 0.3 is 0 Å². The fourth-order valence-corrected chi connectivity index (χ4v) is 4.20. The molecule has 0 spiro atoms. The Hall–Kier alpha value is -4.17. The second-order valence-corrected chi connectivity index (χ2v) is 8.38. The van der Waals surface area contributed by atoms with E-state index in [1.165, 1.54) is 4.90 Å². The zero-order chi connectivity index (χ0) is 24.4. The Balaban J connectivity index is 1.24. The van der Waals surface area contributed by atoms with Gasteiger partial charge in [0.25, 0.3) is 17.7 Å². The number of ether oxygens (including phenoxy) is 3. The number of rotatable bonds is 7. The van der Waals surface area contributed by atoms with E-state index in [0.717, 1.165) is 12.8 Å². The highest BCUT2D eigenvalue weighted by Gasteiger charge is 2.37. The Morgan fingerprint density at radius 1 is 0.971 bits per heavy atom. The molecule has 5 rings (SSSR count). The minimum absolute atomic E-state index is 0.101. The molecule has 3 aromatic carbocycles. The van der Waals surface area contributed by atoms with Gasteiger partial charge in [-0.2, -0.15) is 0 Å². The number of hydrogen-bond donors (Lipinski definition) is 1. The molecule has 8 heteroatoms. The van der Waals surface area contributed by atoms with Crippen LogP contribution in [0.1, 0.15) is 43.9 Å². The molecular weight excluding hydrogens is 448 g/mol. The Kier molecular flexibility index (Phi) is 6.20. The zero-order valence-electron chi connectivity index (χ0n) is 19.2. The van der Waals surface area contributed by atoms with E-state index in [2.05, 4.69) is 5.32 Å². The van der Waals surface area contributed by atoms with E-state index in [1.54, 1.807) is 73.8 Å². The summed E-state index contributed by atoms with van der Waals surface area (Å²) in [6.07, 6.45) is 1.68. The molecule has 0 aromatic heterocycles. The van der Waals surface area contributed by atoms with Crippen molar-refractivity contribution in [1.29, 1.82) is 0 Å². The minimum atomic E-state index is -0.332. The molecule has 0 bridgehead atoms. The lowest BCUT2D eigenvalue weighted by molar-refractivity contribution is 0.0475. The first-order chi connectivity index (χ1) is 17.0. The van der Waals surface area contributed by atoms with Crippen LogP contribution < -0.4 is 14.8 Å². The molecular formula is C27H24N2O6. The van der Waals surface area contributed by atoms with E-state index in [1.807, 2.05) is 0 Å². The number of methoxy groups -OCH3 is 1. The molecule has 1 saturated heterocycles. The number of nitrogens with one attached hydrogen (secondary N) is 1. The first-order valence-electron chi connectivity index (χ1n) is 11.4. The first-order valence-corrected chi connectivity index (χ1v) is 11.4. The Morgan fingerprint density at radius 3 is 2.49 bits per heavy atom. The van der Waals surface area contributed by atoms with E-state index in [4.69, 9.17) is 14.2 Å². The van der Waals surface area contributed by atoms with Gasteiger partial charge in [-0.25, -0.2) is 0 Å². The summed E-state index contributed by atoms with van der Waals surface area (Å²) in [5.41, 5.74) is 1.78. The predicted molar refractivity (Wildman–Crippen MR) is 128 cm³/mol. The third-order valence-corrected chi connectivity index (χ3v) is 6.03. The number of amides is 3. The van der Waals surface area contributed by atoms with Crippen LogP contribution in [-0.4, -0.2) is 49.0 Å². The lowest BCUT2D eigenvalue weighted by atomic mass is 10.1. The summed E-state index contributed by atoms with van der Waals surface area (Å²) in [6, 6.07) is 18.6. The minimum Gasteiger partial charge on any atom is -0.497 e. The van der Waals surface area contributed by atoms with Gasteiger partial charge in [-0.05, 0) is 73.5 Å². The number of anilines is 1. The van der Waals surface area contributed by atoms with Crippen molar-refractivity contribution in [3.63, 3.8) is 0 Å². The van der Waals surface area contributed by atoms with Gasteiger partial charge in [0, 0.05) is 17.9 Å². The van der Waals surface area contributed by atoms with Crippen LogP contribution in [0.25, 0.3) is 0 Å². The van der Waals surface area contributed by atoms with Crippen molar-refractivity contribution in [2.24, 2.45) is 0 Å². The fourth-order valence-electron chi connectivity index (χ4n) is 4.20. The molecule has 0 radical (unpaired) electrons. The summed E-state index contributed by atoms with van der Waals surface area (Å²) in [6.45, 7) is 0.931. The lowest BCUT2D eigenvalue weighted by Gasteiger charge is -2.17. The van der Waals surface area contributed by atoms with Gasteiger partial charge in [-0.15, -0.1) is 0 Å². The first kappa shape index (κ1) is 22.6. The Morgan fingerprint density at radius 2 is 1.74 bits per heavy atom. The van der Waals surface area contributed by atoms with Crippen molar-refractivity contribution in [2.75, 3.05) is 25.6 Å². The van der Waals surface area contributed by atoms with E-state index in [0.29, 0.717) is 46.2 Å². The fraction of sp³-hybridized carbons (Fsp3) is 0.222. The molecule has 2 aliphatic rings. The molecule has 3 aromatic rings. The quantitative estimate of drug-likeness (QED) is 0.509. The highest BCUT2D eigenvalue weighted by atomic mass is 16.5. The SMILES string of the molecule is COc1cccc(C(=O)Nc2ccc(Oc3ccc4c(c3)C(=O)N(C[C@H]3CCCO3)C4=O)cc2)c1. The molecule has 2 heterocycles. The molecule has 35 heavy (non-hydrogen) atoms. The molecule has 3 amide bonds. The molecule has 1 fully saturated rings. The average molecular weight is 472 g/mol. The number of benzene rings is 3. The van der Waals surface area contributed by atoms with Crippen molar-refractivity contribution in [2.45, 2.75) is 18.9 Å². The van der Waals surface area contributed by atoms with Crippen molar-refractivity contribution in [3.8, 4) is 17.2 Å². The van der Waals surface area contributed by atoms with Crippen LogP contribution in [0, 0.1) is 0 Å². The van der Waals surface area contributed by atoms with E-state index < -0.39 is 0 Å². The van der Waals surface area contributed by atoms with Crippen LogP contribution in [0.2, 0.25) is 0 Å². The summed E-state index contributed by atoms with van der Waals surface area (Å²) in [4.78, 5) is 39.3.